The number of nitrogens with zero attached hydrogens (tertiary/aromatic N) is 5. The molecule has 56 heavy (non-hydrogen) atoms. The molecule has 0 fully saturated rings. The van der Waals surface area contributed by atoms with Crippen molar-refractivity contribution in [2.45, 2.75) is 0 Å². The van der Waals surface area contributed by atoms with Gasteiger partial charge in [-0.1, -0.05) is 182 Å². The molecule has 262 valence electrons. The molecule has 0 atom stereocenters. The van der Waals surface area contributed by atoms with Gasteiger partial charge in [0, 0.05) is 38.2 Å². The predicted molar refractivity (Wildman–Crippen MR) is 230 cm³/mol. The lowest BCUT2D eigenvalue weighted by molar-refractivity contribution is 0.953. The largest absolute Gasteiger partial charge is 0.307 e. The minimum atomic E-state index is 0.568. The van der Waals surface area contributed by atoms with E-state index < -0.39 is 0 Å². The molecule has 3 aromatic heterocycles. The normalized spacial score (nSPS) is 11.6. The molecule has 0 bridgehead atoms. The van der Waals surface area contributed by atoms with Crippen molar-refractivity contribution in [2.24, 2.45) is 0 Å². The van der Waals surface area contributed by atoms with E-state index in [1.54, 1.807) is 0 Å². The molecule has 0 radical (unpaired) electrons. The summed E-state index contributed by atoms with van der Waals surface area (Å²) in [5.74, 6) is 1.81. The molecular weight excluding hydrogens is 683 g/mol. The summed E-state index contributed by atoms with van der Waals surface area (Å²) >= 11 is 0. The molecule has 0 saturated carbocycles. The van der Waals surface area contributed by atoms with Gasteiger partial charge in [-0.3, -0.25) is 4.57 Å². The van der Waals surface area contributed by atoms with Crippen LogP contribution in [0, 0.1) is 0 Å². The average Bonchev–Trinajstić information content (AvgIpc) is 3.80. The van der Waals surface area contributed by atoms with Crippen molar-refractivity contribution < 1.29 is 0 Å². The number of fused-ring (bicyclic) bond motifs is 7. The van der Waals surface area contributed by atoms with Crippen molar-refractivity contribution in [2.75, 3.05) is 0 Å². The minimum absolute atomic E-state index is 0.568. The molecule has 0 aliphatic carbocycles. The Bertz CT molecular complexity index is 3160. The van der Waals surface area contributed by atoms with Gasteiger partial charge in [0.05, 0.1) is 27.8 Å². The lowest BCUT2D eigenvalue weighted by atomic mass is 9.99. The van der Waals surface area contributed by atoms with Gasteiger partial charge in [0.2, 0.25) is 5.95 Å². The predicted octanol–water partition coefficient (Wildman–Crippen LogP) is 12.7. The Morgan fingerprint density at radius 1 is 0.286 bits per heavy atom. The molecule has 0 saturated heterocycles. The van der Waals surface area contributed by atoms with Crippen molar-refractivity contribution in [3.8, 4) is 56.7 Å². The molecule has 3 heterocycles. The summed E-state index contributed by atoms with van der Waals surface area (Å²) in [6.45, 7) is 0. The highest BCUT2D eigenvalue weighted by atomic mass is 15.2. The Balaban J connectivity index is 1.24. The maximum atomic E-state index is 5.26. The highest BCUT2D eigenvalue weighted by Crippen LogP contribution is 2.43. The molecule has 0 unspecified atom stereocenters. The second-order valence-corrected chi connectivity index (χ2v) is 14.0. The highest BCUT2D eigenvalue weighted by Gasteiger charge is 2.24. The van der Waals surface area contributed by atoms with E-state index in [1.807, 2.05) is 36.4 Å². The standard InChI is InChI=1S/C51H33N5/c1-4-16-34(17-5-1)35-28-30-36(31-29-35)39-22-10-13-25-44(39)55-45-26-14-11-23-40(45)42-32-33-43-41-24-12-15-27-46(41)56(48(43)47(42)55)51-53-49(37-18-6-2-7-19-37)52-50(54-51)38-20-8-3-9-21-38/h1-33H. The summed E-state index contributed by atoms with van der Waals surface area (Å²) in [4.78, 5) is 15.6. The van der Waals surface area contributed by atoms with E-state index in [1.165, 1.54) is 16.5 Å². The van der Waals surface area contributed by atoms with E-state index in [-0.39, 0.29) is 0 Å². The summed E-state index contributed by atoms with van der Waals surface area (Å²) in [6, 6.07) is 70.4. The molecule has 5 nitrogen and oxygen atoms in total. The smallest absolute Gasteiger partial charge is 0.238 e. The van der Waals surface area contributed by atoms with Gasteiger partial charge in [0.25, 0.3) is 0 Å². The molecule has 0 spiro atoms. The Morgan fingerprint density at radius 3 is 1.30 bits per heavy atom. The van der Waals surface area contributed by atoms with Gasteiger partial charge in [-0.25, -0.2) is 4.98 Å². The Labute approximate surface area is 323 Å². The maximum Gasteiger partial charge on any atom is 0.238 e. The van der Waals surface area contributed by atoms with E-state index in [9.17, 15) is 0 Å². The topological polar surface area (TPSA) is 48.5 Å². The van der Waals surface area contributed by atoms with Crippen LogP contribution in [0.3, 0.4) is 0 Å². The average molecular weight is 716 g/mol. The van der Waals surface area contributed by atoms with Crippen molar-refractivity contribution in [1.82, 2.24) is 24.1 Å². The van der Waals surface area contributed by atoms with E-state index in [0.29, 0.717) is 17.6 Å². The van der Waals surface area contributed by atoms with Gasteiger partial charge in [0.15, 0.2) is 11.6 Å². The van der Waals surface area contributed by atoms with Crippen molar-refractivity contribution in [1.29, 1.82) is 0 Å². The van der Waals surface area contributed by atoms with E-state index in [2.05, 4.69) is 173 Å². The summed E-state index contributed by atoms with van der Waals surface area (Å²) < 4.78 is 4.69. The zero-order valence-electron chi connectivity index (χ0n) is 30.3. The zero-order valence-corrected chi connectivity index (χ0v) is 30.3. The van der Waals surface area contributed by atoms with Crippen LogP contribution >= 0.6 is 0 Å². The Kier molecular flexibility index (Phi) is 7.42. The fourth-order valence-electron chi connectivity index (χ4n) is 8.24. The molecule has 8 aromatic carbocycles. The second kappa shape index (κ2) is 13.0. The molecule has 0 N–H and O–H groups in total. The molecule has 0 aliphatic rings. The van der Waals surface area contributed by atoms with Crippen LogP contribution in [-0.2, 0) is 0 Å². The van der Waals surface area contributed by atoms with Gasteiger partial charge >= 0.3 is 0 Å². The fraction of sp³-hybridized carbons (Fsp3) is 0. The van der Waals surface area contributed by atoms with Crippen molar-refractivity contribution >= 4 is 43.6 Å². The number of hydrogen-bond donors (Lipinski definition) is 0. The summed E-state index contributed by atoms with van der Waals surface area (Å²) in [7, 11) is 0. The first kappa shape index (κ1) is 31.9. The third-order valence-corrected chi connectivity index (χ3v) is 10.8. The third-order valence-electron chi connectivity index (χ3n) is 10.8. The van der Waals surface area contributed by atoms with Crippen LogP contribution < -0.4 is 0 Å². The maximum absolute atomic E-state index is 5.26. The number of hydrogen-bond acceptors (Lipinski definition) is 3. The molecule has 11 aromatic rings. The summed E-state index contributed by atoms with van der Waals surface area (Å²) in [5.41, 5.74) is 11.9. The first-order valence-corrected chi connectivity index (χ1v) is 18.9. The SMILES string of the molecule is c1ccc(-c2ccc(-c3ccccc3-n3c4ccccc4c4ccc5c6ccccc6n(-c6nc(-c7ccccc7)nc(-c7ccccc7)n6)c5c43)cc2)cc1. The van der Waals surface area contributed by atoms with Crippen LogP contribution in [0.4, 0.5) is 0 Å². The van der Waals surface area contributed by atoms with E-state index in [4.69, 9.17) is 15.0 Å². The molecule has 0 amide bonds. The number of rotatable bonds is 6. The van der Waals surface area contributed by atoms with E-state index in [0.717, 1.165) is 66.2 Å². The van der Waals surface area contributed by atoms with Crippen LogP contribution in [0.25, 0.3) is 100 Å². The third kappa shape index (κ3) is 5.13. The minimum Gasteiger partial charge on any atom is -0.307 e. The summed E-state index contributed by atoms with van der Waals surface area (Å²) in [6.07, 6.45) is 0. The van der Waals surface area contributed by atoms with Crippen molar-refractivity contribution in [3.05, 3.63) is 200 Å². The Morgan fingerprint density at radius 2 is 0.714 bits per heavy atom. The van der Waals surface area contributed by atoms with Crippen LogP contribution in [0.1, 0.15) is 0 Å². The van der Waals surface area contributed by atoms with Gasteiger partial charge in [-0.15, -0.1) is 0 Å². The van der Waals surface area contributed by atoms with Crippen LogP contribution in [-0.4, -0.2) is 24.1 Å². The van der Waals surface area contributed by atoms with Crippen molar-refractivity contribution in [3.63, 3.8) is 0 Å². The van der Waals surface area contributed by atoms with Gasteiger partial charge in [-0.2, -0.15) is 9.97 Å². The zero-order chi connectivity index (χ0) is 37.0. The van der Waals surface area contributed by atoms with E-state index >= 15 is 0 Å². The van der Waals surface area contributed by atoms with Crippen LogP contribution in [0.2, 0.25) is 0 Å². The molecule has 0 aliphatic heterocycles. The monoisotopic (exact) mass is 715 g/mol. The van der Waals surface area contributed by atoms with Crippen LogP contribution in [0.15, 0.2) is 200 Å². The van der Waals surface area contributed by atoms with Crippen LogP contribution in [0.5, 0.6) is 0 Å². The lowest BCUT2D eigenvalue weighted by Gasteiger charge is -2.16. The van der Waals surface area contributed by atoms with Gasteiger partial charge in [-0.05, 0) is 34.9 Å². The van der Waals surface area contributed by atoms with Gasteiger partial charge < -0.3 is 4.57 Å². The highest BCUT2D eigenvalue weighted by molar-refractivity contribution is 6.24. The van der Waals surface area contributed by atoms with Gasteiger partial charge in [0.1, 0.15) is 0 Å². The Hall–Kier alpha value is -7.63. The number of benzene rings is 8. The second-order valence-electron chi connectivity index (χ2n) is 14.0. The first-order valence-electron chi connectivity index (χ1n) is 18.9. The molecule has 5 heteroatoms. The quantitative estimate of drug-likeness (QED) is 0.172. The number of aromatic nitrogens is 5. The molecule has 11 rings (SSSR count). The lowest BCUT2D eigenvalue weighted by Crippen LogP contribution is -2.07. The first-order chi connectivity index (χ1) is 27.8. The fourth-order valence-corrected chi connectivity index (χ4v) is 8.24. The summed E-state index contributed by atoms with van der Waals surface area (Å²) in [5, 5.41) is 4.60. The number of para-hydroxylation sites is 3. The molecular formula is C51H33N5.